The number of carbonyl (C=O) groups is 2. The number of Topliss-reactive ketones (excluding diaryl/α,β-unsaturated/α-hetero) is 1. The lowest BCUT2D eigenvalue weighted by atomic mass is 9.95. The van der Waals surface area contributed by atoms with Crippen LogP contribution in [0.4, 0.5) is 5.82 Å². The number of amides is 1. The fraction of sp³-hybridized carbons (Fsp3) is 0.138. The van der Waals surface area contributed by atoms with Gasteiger partial charge in [-0.2, -0.15) is 0 Å². The van der Waals surface area contributed by atoms with Gasteiger partial charge in [-0.25, -0.2) is 0 Å². The van der Waals surface area contributed by atoms with E-state index in [1.807, 2.05) is 30.3 Å². The number of aliphatic hydroxyl groups is 1. The molecule has 1 atom stereocenters. The Morgan fingerprint density at radius 1 is 1.03 bits per heavy atom. The van der Waals surface area contributed by atoms with E-state index in [1.165, 1.54) is 12.0 Å². The number of methoxy groups -OCH3 is 1. The molecule has 1 aliphatic heterocycles. The molecule has 1 fully saturated rings. The van der Waals surface area contributed by atoms with Crippen molar-refractivity contribution < 1.29 is 28.7 Å². The molecule has 1 unspecified atom stereocenters. The molecule has 1 amide bonds. The molecule has 4 aromatic rings. The zero-order chi connectivity index (χ0) is 26.8. The second-order valence-electron chi connectivity index (χ2n) is 8.66. The number of aliphatic hydroxyl groups excluding tert-OH is 1. The zero-order valence-corrected chi connectivity index (χ0v) is 21.3. The van der Waals surface area contributed by atoms with Crippen LogP contribution in [0.25, 0.3) is 5.76 Å². The summed E-state index contributed by atoms with van der Waals surface area (Å²) in [6, 6.07) is 21.6. The first-order valence-corrected chi connectivity index (χ1v) is 12.1. The van der Waals surface area contributed by atoms with E-state index < -0.39 is 17.7 Å². The van der Waals surface area contributed by atoms with Crippen molar-refractivity contribution >= 4 is 34.9 Å². The first-order chi connectivity index (χ1) is 18.4. The van der Waals surface area contributed by atoms with Crippen molar-refractivity contribution in [2.75, 3.05) is 12.0 Å². The lowest BCUT2D eigenvalue weighted by molar-refractivity contribution is -0.132. The van der Waals surface area contributed by atoms with E-state index in [4.69, 9.17) is 25.6 Å². The van der Waals surface area contributed by atoms with Gasteiger partial charge < -0.3 is 19.1 Å². The molecule has 0 radical (unpaired) electrons. The number of hydrogen-bond acceptors (Lipinski definition) is 7. The molecule has 1 aromatic heterocycles. The van der Waals surface area contributed by atoms with Crippen LogP contribution in [0.2, 0.25) is 5.02 Å². The normalized spacial score (nSPS) is 16.6. The van der Waals surface area contributed by atoms with Gasteiger partial charge in [-0.3, -0.25) is 14.5 Å². The predicted octanol–water partition coefficient (Wildman–Crippen LogP) is 5.85. The van der Waals surface area contributed by atoms with Crippen molar-refractivity contribution in [3.05, 3.63) is 112 Å². The van der Waals surface area contributed by atoms with Crippen molar-refractivity contribution in [3.8, 4) is 11.5 Å². The van der Waals surface area contributed by atoms with Gasteiger partial charge in [-0.1, -0.05) is 53.2 Å². The first-order valence-electron chi connectivity index (χ1n) is 11.7. The number of halogens is 1. The lowest BCUT2D eigenvalue weighted by Gasteiger charge is -2.24. The third-order valence-electron chi connectivity index (χ3n) is 6.17. The fourth-order valence-electron chi connectivity index (χ4n) is 4.32. The minimum Gasteiger partial charge on any atom is -0.507 e. The van der Waals surface area contributed by atoms with Gasteiger partial charge >= 0.3 is 5.91 Å². The highest BCUT2D eigenvalue weighted by Crippen LogP contribution is 2.44. The molecule has 0 aliphatic carbocycles. The van der Waals surface area contributed by atoms with E-state index in [2.05, 4.69) is 5.16 Å². The smallest absolute Gasteiger partial charge is 0.301 e. The van der Waals surface area contributed by atoms with Crippen molar-refractivity contribution in [2.24, 2.45) is 0 Å². The van der Waals surface area contributed by atoms with Gasteiger partial charge in [0, 0.05) is 16.7 Å². The Morgan fingerprint density at radius 2 is 1.76 bits per heavy atom. The number of rotatable bonds is 7. The van der Waals surface area contributed by atoms with E-state index in [-0.39, 0.29) is 17.2 Å². The predicted molar refractivity (Wildman–Crippen MR) is 141 cm³/mol. The van der Waals surface area contributed by atoms with Gasteiger partial charge in [0.15, 0.2) is 17.3 Å². The molecule has 2 heterocycles. The summed E-state index contributed by atoms with van der Waals surface area (Å²) in [6.07, 6.45) is 0. The Bertz CT molecular complexity index is 1530. The number of hydrogen-bond donors (Lipinski definition) is 1. The summed E-state index contributed by atoms with van der Waals surface area (Å²) >= 11 is 6.00. The van der Waals surface area contributed by atoms with Gasteiger partial charge in [0.1, 0.15) is 18.1 Å². The number of carbonyl (C=O) groups excluding carboxylic acids is 2. The Labute approximate surface area is 223 Å². The second kappa shape index (κ2) is 10.4. The number of aryl methyl sites for hydroxylation is 1. The van der Waals surface area contributed by atoms with Crippen LogP contribution in [0.1, 0.15) is 28.5 Å². The van der Waals surface area contributed by atoms with Crippen LogP contribution in [-0.4, -0.2) is 29.1 Å². The Balaban J connectivity index is 1.60. The van der Waals surface area contributed by atoms with Gasteiger partial charge in [-0.15, -0.1) is 0 Å². The summed E-state index contributed by atoms with van der Waals surface area (Å²) in [5, 5.41) is 15.7. The van der Waals surface area contributed by atoms with E-state index in [0.717, 1.165) is 5.56 Å². The third-order valence-corrected chi connectivity index (χ3v) is 6.42. The summed E-state index contributed by atoms with van der Waals surface area (Å²) in [7, 11) is 1.50. The highest BCUT2D eigenvalue weighted by molar-refractivity contribution is 6.51. The van der Waals surface area contributed by atoms with Crippen LogP contribution in [0.5, 0.6) is 11.5 Å². The maximum atomic E-state index is 13.3. The van der Waals surface area contributed by atoms with Crippen LogP contribution in [0, 0.1) is 6.92 Å². The van der Waals surface area contributed by atoms with E-state index in [0.29, 0.717) is 40.0 Å². The average molecular weight is 531 g/mol. The Hall–Kier alpha value is -4.56. The SMILES string of the molecule is COc1cc(C2C(=C(O)c3ccc(Cl)cc3)C(=O)C(=O)N2c2cc(C)on2)ccc1OCc1ccccc1. The molecule has 9 heteroatoms. The van der Waals surface area contributed by atoms with E-state index in [1.54, 1.807) is 55.5 Å². The topological polar surface area (TPSA) is 102 Å². The number of benzene rings is 3. The minimum absolute atomic E-state index is 0.0991. The zero-order valence-electron chi connectivity index (χ0n) is 20.6. The number of nitrogens with zero attached hydrogens (tertiary/aromatic N) is 2. The molecule has 38 heavy (non-hydrogen) atoms. The molecule has 0 bridgehead atoms. The number of anilines is 1. The Morgan fingerprint density at radius 3 is 2.42 bits per heavy atom. The largest absolute Gasteiger partial charge is 0.507 e. The molecule has 0 saturated carbocycles. The molecule has 5 rings (SSSR count). The van der Waals surface area contributed by atoms with Crippen molar-refractivity contribution in [2.45, 2.75) is 19.6 Å². The fourth-order valence-corrected chi connectivity index (χ4v) is 4.45. The lowest BCUT2D eigenvalue weighted by Crippen LogP contribution is -2.29. The molecule has 0 spiro atoms. The summed E-state index contributed by atoms with van der Waals surface area (Å²) in [5.41, 5.74) is 1.72. The monoisotopic (exact) mass is 530 g/mol. The van der Waals surface area contributed by atoms with Gasteiger partial charge in [0.25, 0.3) is 5.78 Å². The van der Waals surface area contributed by atoms with Gasteiger partial charge in [-0.05, 0) is 54.4 Å². The van der Waals surface area contributed by atoms with E-state index in [9.17, 15) is 14.7 Å². The van der Waals surface area contributed by atoms with Crippen molar-refractivity contribution in [1.29, 1.82) is 0 Å². The molecule has 192 valence electrons. The number of ether oxygens (including phenoxy) is 2. The summed E-state index contributed by atoms with van der Waals surface area (Å²) < 4.78 is 16.7. The molecule has 8 nitrogen and oxygen atoms in total. The molecule has 3 aromatic carbocycles. The van der Waals surface area contributed by atoms with Crippen LogP contribution < -0.4 is 14.4 Å². The average Bonchev–Trinajstić information content (AvgIpc) is 3.48. The van der Waals surface area contributed by atoms with E-state index >= 15 is 0 Å². The highest BCUT2D eigenvalue weighted by atomic mass is 35.5. The Kier molecular flexibility index (Phi) is 6.89. The maximum absolute atomic E-state index is 13.3. The summed E-state index contributed by atoms with van der Waals surface area (Å²) in [6.45, 7) is 2.00. The highest BCUT2D eigenvalue weighted by Gasteiger charge is 2.48. The molecule has 1 N–H and O–H groups in total. The molecular formula is C29H23ClN2O6. The quantitative estimate of drug-likeness (QED) is 0.182. The molecular weight excluding hydrogens is 508 g/mol. The van der Waals surface area contributed by atoms with Crippen LogP contribution >= 0.6 is 11.6 Å². The van der Waals surface area contributed by atoms with Gasteiger partial charge in [0.05, 0.1) is 18.7 Å². The van der Waals surface area contributed by atoms with Crippen LogP contribution in [0.3, 0.4) is 0 Å². The van der Waals surface area contributed by atoms with Crippen molar-refractivity contribution in [3.63, 3.8) is 0 Å². The molecule has 1 aliphatic rings. The minimum atomic E-state index is -1.01. The number of aromatic nitrogens is 1. The summed E-state index contributed by atoms with van der Waals surface area (Å²) in [4.78, 5) is 27.8. The standard InChI is InChI=1S/C29H23ClN2O6/c1-17-14-24(31-38-17)32-26(25(28(34)29(32)35)27(33)19-8-11-21(30)12-9-19)20-10-13-22(23(15-20)36-2)37-16-18-6-4-3-5-7-18/h3-15,26,33H,16H2,1-2H3. The third kappa shape index (κ3) is 4.73. The molecule has 1 saturated heterocycles. The summed E-state index contributed by atoms with van der Waals surface area (Å²) in [5.74, 6) is -0.558. The van der Waals surface area contributed by atoms with Crippen molar-refractivity contribution in [1.82, 2.24) is 5.16 Å². The van der Waals surface area contributed by atoms with Gasteiger partial charge in [0.2, 0.25) is 0 Å². The van der Waals surface area contributed by atoms with Crippen LogP contribution in [-0.2, 0) is 16.2 Å². The number of ketones is 1. The first kappa shape index (κ1) is 25.1. The van der Waals surface area contributed by atoms with Crippen LogP contribution in [0.15, 0.2) is 89.0 Å². The maximum Gasteiger partial charge on any atom is 0.301 e. The second-order valence-corrected chi connectivity index (χ2v) is 9.09.